The number of carbonyl (C=O) groups is 1. The van der Waals surface area contributed by atoms with Crippen molar-refractivity contribution < 1.29 is 4.79 Å². The quantitative estimate of drug-likeness (QED) is 0.620. The first-order chi connectivity index (χ1) is 12.7. The molecular weight excluding hydrogens is 324 g/mol. The number of hydrogen-bond acceptors (Lipinski definition) is 2. The van der Waals surface area contributed by atoms with E-state index in [0.717, 1.165) is 36.2 Å². The second kappa shape index (κ2) is 8.52. The molecule has 26 heavy (non-hydrogen) atoms. The molecule has 1 aliphatic rings. The van der Waals surface area contributed by atoms with Crippen molar-refractivity contribution >= 4 is 17.6 Å². The van der Waals surface area contributed by atoms with Crippen LogP contribution in [0.4, 0.5) is 5.69 Å². The monoisotopic (exact) mass is 350 g/mol. The van der Waals surface area contributed by atoms with Gasteiger partial charge in [0.15, 0.2) is 5.96 Å². The van der Waals surface area contributed by atoms with Crippen molar-refractivity contribution in [1.82, 2.24) is 4.90 Å². The van der Waals surface area contributed by atoms with Crippen LogP contribution in [0.3, 0.4) is 0 Å². The van der Waals surface area contributed by atoms with Gasteiger partial charge in [0.2, 0.25) is 5.91 Å². The number of anilines is 1. The van der Waals surface area contributed by atoms with Crippen molar-refractivity contribution in [2.75, 3.05) is 11.9 Å². The molecule has 1 aliphatic heterocycles. The number of guanidine groups is 1. The zero-order valence-corrected chi connectivity index (χ0v) is 15.2. The van der Waals surface area contributed by atoms with E-state index in [9.17, 15) is 4.79 Å². The molecule has 1 saturated heterocycles. The molecule has 0 aliphatic carbocycles. The Morgan fingerprint density at radius 3 is 2.54 bits per heavy atom. The first-order valence-electron chi connectivity index (χ1n) is 9.16. The second-order valence-corrected chi connectivity index (χ2v) is 6.56. The maximum Gasteiger partial charge on any atom is 0.222 e. The Kier molecular flexibility index (Phi) is 5.89. The number of aliphatic imine (C=N–C) groups is 1. The van der Waals surface area contributed by atoms with Gasteiger partial charge >= 0.3 is 0 Å². The third-order valence-corrected chi connectivity index (χ3v) is 4.71. The van der Waals surface area contributed by atoms with E-state index in [1.54, 1.807) is 0 Å². The lowest BCUT2D eigenvalue weighted by Crippen LogP contribution is -2.25. The average molecular weight is 350 g/mol. The van der Waals surface area contributed by atoms with Crippen LogP contribution in [0.15, 0.2) is 53.5 Å². The van der Waals surface area contributed by atoms with Crippen LogP contribution < -0.4 is 11.1 Å². The number of nitrogens with two attached hydrogens (primary N) is 1. The van der Waals surface area contributed by atoms with E-state index in [2.05, 4.69) is 35.4 Å². The molecule has 0 unspecified atom stereocenters. The molecule has 5 heteroatoms. The number of nitrogens with zero attached hydrogens (tertiary/aromatic N) is 2. The Labute approximate surface area is 154 Å². The Bertz CT molecular complexity index is 783. The molecule has 3 rings (SSSR count). The molecule has 1 fully saturated rings. The largest absolute Gasteiger partial charge is 0.370 e. The number of nitrogens with one attached hydrogen (secondary N) is 1. The molecule has 0 radical (unpaired) electrons. The Morgan fingerprint density at radius 2 is 1.88 bits per heavy atom. The summed E-state index contributed by atoms with van der Waals surface area (Å²) in [5, 5.41) is 3.13. The number of hydrogen-bond donors (Lipinski definition) is 2. The van der Waals surface area contributed by atoms with Crippen molar-refractivity contribution in [2.24, 2.45) is 10.7 Å². The summed E-state index contributed by atoms with van der Waals surface area (Å²) in [6, 6.07) is 16.3. The van der Waals surface area contributed by atoms with E-state index in [0.29, 0.717) is 25.5 Å². The lowest BCUT2D eigenvalue weighted by atomic mass is 10.1. The van der Waals surface area contributed by atoms with Crippen molar-refractivity contribution in [2.45, 2.75) is 39.3 Å². The topological polar surface area (TPSA) is 70.7 Å². The number of carbonyl (C=O) groups excluding carboxylic acids is 1. The van der Waals surface area contributed by atoms with Gasteiger partial charge in [-0.3, -0.25) is 4.79 Å². The van der Waals surface area contributed by atoms with Crippen LogP contribution >= 0.6 is 0 Å². The summed E-state index contributed by atoms with van der Waals surface area (Å²) < 4.78 is 0. The highest BCUT2D eigenvalue weighted by Gasteiger charge is 2.20. The van der Waals surface area contributed by atoms with Crippen molar-refractivity contribution in [3.05, 3.63) is 65.2 Å². The highest BCUT2D eigenvalue weighted by atomic mass is 16.2. The summed E-state index contributed by atoms with van der Waals surface area (Å²) in [5.74, 6) is 0.626. The molecule has 0 aromatic heterocycles. The highest BCUT2D eigenvalue weighted by molar-refractivity contribution is 5.92. The summed E-state index contributed by atoms with van der Waals surface area (Å²) in [6.07, 6.45) is 2.63. The lowest BCUT2D eigenvalue weighted by Gasteiger charge is -2.17. The zero-order chi connectivity index (χ0) is 18.4. The molecule has 2 aromatic rings. The molecule has 0 spiro atoms. The van der Waals surface area contributed by atoms with E-state index in [1.807, 2.05) is 35.2 Å². The third-order valence-electron chi connectivity index (χ3n) is 4.71. The molecule has 1 amide bonds. The minimum absolute atomic E-state index is 0.236. The van der Waals surface area contributed by atoms with Gasteiger partial charge in [0, 0.05) is 25.2 Å². The number of rotatable bonds is 6. The van der Waals surface area contributed by atoms with Gasteiger partial charge in [-0.25, -0.2) is 4.99 Å². The van der Waals surface area contributed by atoms with Crippen molar-refractivity contribution in [1.29, 1.82) is 0 Å². The van der Waals surface area contributed by atoms with Gasteiger partial charge in [-0.15, -0.1) is 0 Å². The Morgan fingerprint density at radius 1 is 1.15 bits per heavy atom. The number of likely N-dealkylation sites (tertiary alicyclic amines) is 1. The van der Waals surface area contributed by atoms with Crippen molar-refractivity contribution in [3.8, 4) is 0 Å². The molecule has 3 N–H and O–H groups in total. The summed E-state index contributed by atoms with van der Waals surface area (Å²) >= 11 is 0. The summed E-state index contributed by atoms with van der Waals surface area (Å²) in [7, 11) is 0. The second-order valence-electron chi connectivity index (χ2n) is 6.56. The summed E-state index contributed by atoms with van der Waals surface area (Å²) in [4.78, 5) is 18.3. The minimum Gasteiger partial charge on any atom is -0.370 e. The molecule has 5 nitrogen and oxygen atoms in total. The SMILES string of the molecule is CCc1ccc(NC(N)=NCc2ccccc2CN2CCCC2=O)cc1. The molecule has 2 aromatic carbocycles. The van der Waals surface area contributed by atoms with E-state index in [1.165, 1.54) is 5.56 Å². The molecule has 0 saturated carbocycles. The van der Waals surface area contributed by atoms with Crippen LogP contribution in [0, 0.1) is 0 Å². The average Bonchev–Trinajstić information content (AvgIpc) is 3.06. The van der Waals surface area contributed by atoms with Crippen molar-refractivity contribution in [3.63, 3.8) is 0 Å². The Hall–Kier alpha value is -2.82. The fourth-order valence-corrected chi connectivity index (χ4v) is 3.12. The van der Waals surface area contributed by atoms with Gasteiger partial charge in [-0.2, -0.15) is 0 Å². The lowest BCUT2D eigenvalue weighted by molar-refractivity contribution is -0.128. The normalized spacial score (nSPS) is 14.7. The smallest absolute Gasteiger partial charge is 0.222 e. The van der Waals surface area contributed by atoms with E-state index < -0.39 is 0 Å². The fraction of sp³-hybridized carbons (Fsp3) is 0.333. The van der Waals surface area contributed by atoms with E-state index >= 15 is 0 Å². The number of benzene rings is 2. The van der Waals surface area contributed by atoms with Crippen LogP contribution in [0.2, 0.25) is 0 Å². The van der Waals surface area contributed by atoms with Crippen LogP contribution in [0.5, 0.6) is 0 Å². The van der Waals surface area contributed by atoms with Gasteiger partial charge in [-0.1, -0.05) is 43.3 Å². The van der Waals surface area contributed by atoms with E-state index in [-0.39, 0.29) is 5.91 Å². The maximum atomic E-state index is 11.9. The van der Waals surface area contributed by atoms with Gasteiger partial charge in [0.05, 0.1) is 6.54 Å². The zero-order valence-electron chi connectivity index (χ0n) is 15.2. The molecule has 1 heterocycles. The standard InChI is InChI=1S/C21H26N4O/c1-2-16-9-11-19(12-10-16)24-21(22)23-14-17-6-3-4-7-18(17)15-25-13-5-8-20(25)26/h3-4,6-7,9-12H,2,5,8,13-15H2,1H3,(H3,22,23,24). The third kappa shape index (κ3) is 4.63. The van der Waals surface area contributed by atoms with Crippen LogP contribution in [0.1, 0.15) is 36.5 Å². The molecule has 0 atom stereocenters. The number of amides is 1. The first kappa shape index (κ1) is 18.0. The molecule has 136 valence electrons. The van der Waals surface area contributed by atoms with Crippen LogP contribution in [0.25, 0.3) is 0 Å². The fourth-order valence-electron chi connectivity index (χ4n) is 3.12. The van der Waals surface area contributed by atoms with Crippen LogP contribution in [-0.2, 0) is 24.3 Å². The molecular formula is C21H26N4O. The van der Waals surface area contributed by atoms with Gasteiger partial charge in [-0.05, 0) is 41.7 Å². The minimum atomic E-state index is 0.236. The van der Waals surface area contributed by atoms with E-state index in [4.69, 9.17) is 5.73 Å². The van der Waals surface area contributed by atoms with Gasteiger partial charge in [0.1, 0.15) is 0 Å². The predicted octanol–water partition coefficient (Wildman–Crippen LogP) is 3.30. The summed E-state index contributed by atoms with van der Waals surface area (Å²) in [6.45, 7) is 4.11. The predicted molar refractivity (Wildman–Crippen MR) is 106 cm³/mol. The number of aryl methyl sites for hydroxylation is 1. The molecule has 0 bridgehead atoms. The first-order valence-corrected chi connectivity index (χ1v) is 9.16. The highest BCUT2D eigenvalue weighted by Crippen LogP contribution is 2.18. The van der Waals surface area contributed by atoms with Crippen LogP contribution in [-0.4, -0.2) is 23.3 Å². The maximum absolute atomic E-state index is 11.9. The van der Waals surface area contributed by atoms with Gasteiger partial charge < -0.3 is 16.0 Å². The Balaban J connectivity index is 1.64. The van der Waals surface area contributed by atoms with Gasteiger partial charge in [0.25, 0.3) is 0 Å². The summed E-state index contributed by atoms with van der Waals surface area (Å²) in [5.41, 5.74) is 10.5.